The van der Waals surface area contributed by atoms with E-state index in [9.17, 15) is 4.79 Å². The van der Waals surface area contributed by atoms with Crippen LogP contribution in [0, 0.1) is 6.92 Å². The number of amides is 1. The quantitative estimate of drug-likeness (QED) is 0.571. The predicted molar refractivity (Wildman–Crippen MR) is 110 cm³/mol. The van der Waals surface area contributed by atoms with E-state index < -0.39 is 0 Å². The Kier molecular flexibility index (Phi) is 5.50. The first-order valence-corrected chi connectivity index (χ1v) is 10.8. The van der Waals surface area contributed by atoms with Crippen LogP contribution in [0.5, 0.6) is 0 Å². The van der Waals surface area contributed by atoms with Crippen molar-refractivity contribution in [2.75, 3.05) is 10.7 Å². The highest BCUT2D eigenvalue weighted by Crippen LogP contribution is 2.32. The number of anilines is 1. The fraction of sp³-hybridized carbons (Fsp3) is 0.300. The Morgan fingerprint density at radius 2 is 2.00 bits per heavy atom. The van der Waals surface area contributed by atoms with Gasteiger partial charge in [0.2, 0.25) is 5.91 Å². The summed E-state index contributed by atoms with van der Waals surface area (Å²) >= 11 is 2.97. The minimum atomic E-state index is 0.0907. The smallest absolute Gasteiger partial charge is 0.239 e. The van der Waals surface area contributed by atoms with Crippen LogP contribution in [0.15, 0.2) is 52.9 Å². The second-order valence-electron chi connectivity index (χ2n) is 6.53. The molecule has 1 amide bonds. The Balaban J connectivity index is 1.41. The predicted octanol–water partition coefficient (Wildman–Crippen LogP) is 4.59. The first-order chi connectivity index (χ1) is 13.2. The van der Waals surface area contributed by atoms with Gasteiger partial charge in [-0.3, -0.25) is 9.69 Å². The molecule has 1 fully saturated rings. The number of rotatable bonds is 6. The Hall–Kier alpha value is -2.25. The minimum absolute atomic E-state index is 0.0907. The van der Waals surface area contributed by atoms with Crippen molar-refractivity contribution in [3.63, 3.8) is 0 Å². The molecule has 0 bridgehead atoms. The van der Waals surface area contributed by atoms with Gasteiger partial charge in [0.15, 0.2) is 5.13 Å². The lowest BCUT2D eigenvalue weighted by atomic mass is 9.92. The number of carbonyl (C=O) groups is 1. The van der Waals surface area contributed by atoms with Crippen molar-refractivity contribution in [3.8, 4) is 11.3 Å². The molecule has 7 heteroatoms. The van der Waals surface area contributed by atoms with Gasteiger partial charge in [0, 0.05) is 17.0 Å². The molecular weight excluding hydrogens is 376 g/mol. The van der Waals surface area contributed by atoms with Crippen LogP contribution in [0.2, 0.25) is 0 Å². The maximum atomic E-state index is 12.9. The van der Waals surface area contributed by atoms with Gasteiger partial charge in [-0.15, -0.1) is 21.5 Å². The molecule has 0 aliphatic heterocycles. The summed E-state index contributed by atoms with van der Waals surface area (Å²) in [6.45, 7) is 1.96. The minimum Gasteiger partial charge on any atom is -0.284 e. The number of carbonyl (C=O) groups excluding carboxylic acids is 1. The lowest BCUT2D eigenvalue weighted by molar-refractivity contribution is -0.117. The average molecular weight is 397 g/mol. The van der Waals surface area contributed by atoms with Crippen LogP contribution in [0.4, 0.5) is 5.13 Å². The summed E-state index contributed by atoms with van der Waals surface area (Å²) in [5, 5.41) is 12.1. The first-order valence-electron chi connectivity index (χ1n) is 8.97. The lowest BCUT2D eigenvalue weighted by Gasteiger charge is -2.35. The molecule has 1 aliphatic carbocycles. The molecule has 1 saturated carbocycles. The Bertz CT molecular complexity index is 907. The molecule has 3 aromatic rings. The van der Waals surface area contributed by atoms with E-state index in [2.05, 4.69) is 15.2 Å². The van der Waals surface area contributed by atoms with E-state index in [4.69, 9.17) is 0 Å². The van der Waals surface area contributed by atoms with E-state index in [0.29, 0.717) is 5.75 Å². The standard InChI is InChI=1S/C20H20N4OS2/c1-14-12-27-20(21-14)24(16-8-5-9-16)19(25)13-26-18-11-10-17(22-23-18)15-6-3-2-4-7-15/h2-4,6-7,10-12,16H,5,8-9,13H2,1H3. The number of hydrogen-bond acceptors (Lipinski definition) is 6. The van der Waals surface area contributed by atoms with Gasteiger partial charge in [0.25, 0.3) is 0 Å². The summed E-state index contributed by atoms with van der Waals surface area (Å²) in [5.74, 6) is 0.432. The topological polar surface area (TPSA) is 59.0 Å². The van der Waals surface area contributed by atoms with Crippen molar-refractivity contribution in [1.29, 1.82) is 0 Å². The molecule has 27 heavy (non-hydrogen) atoms. The highest BCUT2D eigenvalue weighted by atomic mass is 32.2. The largest absolute Gasteiger partial charge is 0.284 e. The molecule has 138 valence electrons. The molecule has 1 aromatic carbocycles. The van der Waals surface area contributed by atoms with E-state index in [1.165, 1.54) is 18.2 Å². The van der Waals surface area contributed by atoms with Gasteiger partial charge >= 0.3 is 0 Å². The summed E-state index contributed by atoms with van der Waals surface area (Å²) in [4.78, 5) is 19.3. The first kappa shape index (κ1) is 18.1. The van der Waals surface area contributed by atoms with Gasteiger partial charge in [-0.05, 0) is 38.3 Å². The Morgan fingerprint density at radius 3 is 2.59 bits per heavy atom. The number of thioether (sulfide) groups is 1. The maximum absolute atomic E-state index is 12.9. The molecule has 2 heterocycles. The maximum Gasteiger partial charge on any atom is 0.239 e. The summed E-state index contributed by atoms with van der Waals surface area (Å²) in [7, 11) is 0. The van der Waals surface area contributed by atoms with Gasteiger partial charge < -0.3 is 0 Å². The van der Waals surface area contributed by atoms with Crippen molar-refractivity contribution in [2.24, 2.45) is 0 Å². The molecule has 0 unspecified atom stereocenters. The molecule has 0 atom stereocenters. The van der Waals surface area contributed by atoms with Crippen molar-refractivity contribution < 1.29 is 4.79 Å². The third kappa shape index (κ3) is 4.20. The third-order valence-electron chi connectivity index (χ3n) is 4.57. The number of nitrogens with zero attached hydrogens (tertiary/aromatic N) is 4. The van der Waals surface area contributed by atoms with Crippen molar-refractivity contribution in [3.05, 3.63) is 53.5 Å². The SMILES string of the molecule is Cc1csc(N(C(=O)CSc2ccc(-c3ccccc3)nn2)C2CCC2)n1. The van der Waals surface area contributed by atoms with Gasteiger partial charge in [-0.2, -0.15) is 0 Å². The number of thiazole rings is 1. The van der Waals surface area contributed by atoms with Crippen LogP contribution in [-0.4, -0.2) is 32.9 Å². The van der Waals surface area contributed by atoms with Gasteiger partial charge in [-0.1, -0.05) is 42.1 Å². The van der Waals surface area contributed by atoms with E-state index in [1.807, 2.05) is 59.7 Å². The van der Waals surface area contributed by atoms with Crippen molar-refractivity contribution in [1.82, 2.24) is 15.2 Å². The average Bonchev–Trinajstić information content (AvgIpc) is 3.09. The van der Waals surface area contributed by atoms with Crippen LogP contribution >= 0.6 is 23.1 Å². The molecule has 5 nitrogen and oxygen atoms in total. The second-order valence-corrected chi connectivity index (χ2v) is 8.36. The number of aryl methyl sites for hydroxylation is 1. The van der Waals surface area contributed by atoms with Gasteiger partial charge in [0.1, 0.15) is 5.03 Å². The summed E-state index contributed by atoms with van der Waals surface area (Å²) in [6, 6.07) is 14.1. The van der Waals surface area contributed by atoms with Gasteiger partial charge in [0.05, 0.1) is 17.1 Å². The molecule has 0 radical (unpaired) electrons. The van der Waals surface area contributed by atoms with Crippen LogP contribution < -0.4 is 4.90 Å². The molecule has 1 aliphatic rings. The molecule has 4 rings (SSSR count). The number of hydrogen-bond donors (Lipinski definition) is 0. The van der Waals surface area contributed by atoms with E-state index >= 15 is 0 Å². The Morgan fingerprint density at radius 1 is 1.19 bits per heavy atom. The summed E-state index contributed by atoms with van der Waals surface area (Å²) in [5.41, 5.74) is 2.83. The number of aromatic nitrogens is 3. The van der Waals surface area contributed by atoms with Crippen molar-refractivity contribution in [2.45, 2.75) is 37.3 Å². The molecular formula is C20H20N4OS2. The van der Waals surface area contributed by atoms with Crippen molar-refractivity contribution >= 4 is 34.1 Å². The molecule has 0 saturated heterocycles. The zero-order chi connectivity index (χ0) is 18.6. The zero-order valence-electron chi connectivity index (χ0n) is 15.0. The number of benzene rings is 1. The van der Waals surface area contributed by atoms with E-state index in [-0.39, 0.29) is 11.9 Å². The fourth-order valence-electron chi connectivity index (χ4n) is 2.93. The summed E-state index contributed by atoms with van der Waals surface area (Å²) in [6.07, 6.45) is 3.29. The Labute approximate surface area is 166 Å². The molecule has 2 aromatic heterocycles. The van der Waals surface area contributed by atoms with Gasteiger partial charge in [-0.25, -0.2) is 4.98 Å². The zero-order valence-corrected chi connectivity index (χ0v) is 16.7. The summed E-state index contributed by atoms with van der Waals surface area (Å²) < 4.78 is 0. The highest BCUT2D eigenvalue weighted by molar-refractivity contribution is 7.99. The monoisotopic (exact) mass is 396 g/mol. The normalized spacial score (nSPS) is 14.0. The van der Waals surface area contributed by atoms with Crippen LogP contribution in [0.3, 0.4) is 0 Å². The second kappa shape index (κ2) is 8.19. The lowest BCUT2D eigenvalue weighted by Crippen LogP contribution is -2.45. The van der Waals surface area contributed by atoms with Crippen LogP contribution in [0.25, 0.3) is 11.3 Å². The third-order valence-corrected chi connectivity index (χ3v) is 6.44. The highest BCUT2D eigenvalue weighted by Gasteiger charge is 2.31. The molecule has 0 N–H and O–H groups in total. The molecule has 0 spiro atoms. The van der Waals surface area contributed by atoms with E-state index in [1.54, 1.807) is 11.3 Å². The van der Waals surface area contributed by atoms with Crippen LogP contribution in [0.1, 0.15) is 25.0 Å². The van der Waals surface area contributed by atoms with E-state index in [0.717, 1.165) is 40.0 Å². The fourth-order valence-corrected chi connectivity index (χ4v) is 4.49. The van der Waals surface area contributed by atoms with Crippen LogP contribution in [-0.2, 0) is 4.79 Å².